The molecule has 0 fully saturated rings. The van der Waals surface area contributed by atoms with E-state index in [0.29, 0.717) is 12.8 Å². The Kier molecular flexibility index (Phi) is 17.1. The summed E-state index contributed by atoms with van der Waals surface area (Å²) in [4.78, 5) is 15.0. The highest BCUT2D eigenvalue weighted by atomic mass is 79.9. The fourth-order valence-electron chi connectivity index (χ4n) is 4.25. The maximum Gasteiger partial charge on any atom is 0.428 e. The molecule has 0 heterocycles. The molecule has 0 saturated heterocycles. The Morgan fingerprint density at radius 1 is 0.744 bits per heavy atom. The van der Waals surface area contributed by atoms with E-state index in [1.807, 2.05) is 0 Å². The van der Waals surface area contributed by atoms with Crippen molar-refractivity contribution in [2.24, 2.45) is 0 Å². The number of aryl methyl sites for hydroxylation is 1. The zero-order chi connectivity index (χ0) is 31.6. The highest BCUT2D eigenvalue weighted by Gasteiger charge is 2.48. The number of rotatable bonds is 17. The van der Waals surface area contributed by atoms with E-state index in [4.69, 9.17) is 0 Å². The smallest absolute Gasteiger partial charge is 0.428 e. The molecule has 0 aromatic heterocycles. The van der Waals surface area contributed by atoms with Crippen molar-refractivity contribution in [2.45, 2.75) is 91.1 Å². The van der Waals surface area contributed by atoms with Gasteiger partial charge in [0.05, 0.1) is 17.5 Å². The Morgan fingerprint density at radius 3 is 1.60 bits per heavy atom. The molecule has 0 aliphatic carbocycles. The summed E-state index contributed by atoms with van der Waals surface area (Å²) in [5.41, 5.74) is 1.35. The van der Waals surface area contributed by atoms with Gasteiger partial charge in [0.15, 0.2) is 24.8 Å². The van der Waals surface area contributed by atoms with Crippen molar-refractivity contribution < 1.29 is 31.3 Å². The van der Waals surface area contributed by atoms with Crippen LogP contribution in [0.2, 0.25) is 0 Å². The second-order valence-electron chi connectivity index (χ2n) is 10.0. The predicted molar refractivity (Wildman–Crippen MR) is 172 cm³/mol. The fourth-order valence-corrected chi connectivity index (χ4v) is 7.15. The second-order valence-corrected chi connectivity index (χ2v) is 14.2. The first-order valence-corrected chi connectivity index (χ1v) is 18.3. The summed E-state index contributed by atoms with van der Waals surface area (Å²) < 4.78 is 60.3. The van der Waals surface area contributed by atoms with Crippen LogP contribution < -0.4 is 0 Å². The van der Waals surface area contributed by atoms with Gasteiger partial charge in [-0.15, -0.1) is 0 Å². The van der Waals surface area contributed by atoms with Crippen LogP contribution in [0.25, 0.3) is 0 Å². The minimum absolute atomic E-state index is 0.0262. The standard InChI is InChI=1S/C19H17S.C14H25BrF2O5S/c1-16-10-8-9-15-19(16)20(17-11-4-2-5-12-17)18-13-6-3-7-14-18;15-11-9-7-5-3-1-2-4-6-8-10-12-22-13(18)14(16,17)23(19,20)21/h2-15H,1H3;1-12H2,(H,19,20,21)/q+1;/p-1. The third kappa shape index (κ3) is 13.1. The van der Waals surface area contributed by atoms with Gasteiger partial charge in [0.2, 0.25) is 0 Å². The van der Waals surface area contributed by atoms with Crippen LogP contribution in [0.1, 0.15) is 69.8 Å². The average molecular weight is 700 g/mol. The normalized spacial score (nSPS) is 11.6. The summed E-state index contributed by atoms with van der Waals surface area (Å²) in [6.45, 7) is 1.89. The molecule has 0 aliphatic rings. The van der Waals surface area contributed by atoms with Crippen molar-refractivity contribution in [3.63, 3.8) is 0 Å². The molecule has 0 bridgehead atoms. The lowest BCUT2D eigenvalue weighted by atomic mass is 10.1. The average Bonchev–Trinajstić information content (AvgIpc) is 2.99. The molecular weight excluding hydrogens is 658 g/mol. The van der Waals surface area contributed by atoms with Crippen molar-refractivity contribution in [3.05, 3.63) is 90.5 Å². The summed E-state index contributed by atoms with van der Waals surface area (Å²) in [7, 11) is -6.05. The molecule has 3 aromatic carbocycles. The van der Waals surface area contributed by atoms with E-state index in [0.717, 1.165) is 24.6 Å². The fraction of sp³-hybridized carbons (Fsp3) is 0.424. The monoisotopic (exact) mass is 698 g/mol. The van der Waals surface area contributed by atoms with Gasteiger partial charge in [0.25, 0.3) is 0 Å². The first-order valence-electron chi connectivity index (χ1n) is 14.6. The Bertz CT molecular complexity index is 1270. The van der Waals surface area contributed by atoms with E-state index in [1.54, 1.807) is 0 Å². The lowest BCUT2D eigenvalue weighted by molar-refractivity contribution is -0.161. The van der Waals surface area contributed by atoms with Crippen molar-refractivity contribution in [1.29, 1.82) is 0 Å². The van der Waals surface area contributed by atoms with Crippen molar-refractivity contribution in [1.82, 2.24) is 0 Å². The zero-order valence-corrected chi connectivity index (χ0v) is 27.8. The number of carbonyl (C=O) groups is 1. The second kappa shape index (κ2) is 19.9. The van der Waals surface area contributed by atoms with Crippen LogP contribution in [-0.2, 0) is 30.5 Å². The van der Waals surface area contributed by atoms with Gasteiger partial charge in [-0.1, -0.05) is 122 Å². The van der Waals surface area contributed by atoms with Crippen LogP contribution in [0.4, 0.5) is 8.78 Å². The Morgan fingerprint density at radius 2 is 1.16 bits per heavy atom. The van der Waals surface area contributed by atoms with Gasteiger partial charge >= 0.3 is 11.2 Å². The summed E-state index contributed by atoms with van der Waals surface area (Å²) in [6.07, 6.45) is 10.2. The molecule has 236 valence electrons. The zero-order valence-electron chi connectivity index (χ0n) is 24.6. The SMILES string of the molecule is Cc1ccccc1[S+](c1ccccc1)c1ccccc1.O=C(OCCCCCCCCCCCCBr)C(F)(F)S(=O)(=O)[O-]. The lowest BCUT2D eigenvalue weighted by Crippen LogP contribution is -2.39. The Labute approximate surface area is 266 Å². The van der Waals surface area contributed by atoms with Crippen molar-refractivity contribution in [2.75, 3.05) is 11.9 Å². The molecule has 0 unspecified atom stereocenters. The molecule has 0 amide bonds. The number of halogens is 3. The van der Waals surface area contributed by atoms with E-state index in [9.17, 15) is 26.5 Å². The molecule has 0 atom stereocenters. The van der Waals surface area contributed by atoms with E-state index < -0.39 is 21.3 Å². The molecule has 0 aliphatic heterocycles. The molecular formula is C33H41BrF2O5S2. The number of hydrogen-bond donors (Lipinski definition) is 0. The number of esters is 1. The summed E-state index contributed by atoms with van der Waals surface area (Å²) in [5, 5.41) is -3.97. The maximum absolute atomic E-state index is 12.8. The van der Waals surface area contributed by atoms with Crippen LogP contribution in [0.3, 0.4) is 0 Å². The summed E-state index contributed by atoms with van der Waals surface area (Å²) >= 11 is 3.38. The number of ether oxygens (including phenoxy) is 1. The van der Waals surface area contributed by atoms with Gasteiger partial charge in [0.1, 0.15) is 0 Å². The first kappa shape index (κ1) is 36.9. The third-order valence-electron chi connectivity index (χ3n) is 6.58. The number of benzene rings is 3. The minimum Gasteiger partial charge on any atom is -0.743 e. The predicted octanol–water partition coefficient (Wildman–Crippen LogP) is 9.05. The van der Waals surface area contributed by atoms with Crippen molar-refractivity contribution in [3.8, 4) is 0 Å². The van der Waals surface area contributed by atoms with Crippen LogP contribution >= 0.6 is 15.9 Å². The molecule has 0 N–H and O–H groups in total. The number of alkyl halides is 3. The topological polar surface area (TPSA) is 83.5 Å². The molecule has 0 saturated carbocycles. The Balaban J connectivity index is 0.000000302. The quantitative estimate of drug-likeness (QED) is 0.0462. The van der Waals surface area contributed by atoms with Gasteiger partial charge in [-0.2, -0.15) is 8.78 Å². The third-order valence-corrected chi connectivity index (χ3v) is 10.3. The molecule has 0 spiro atoms. The van der Waals surface area contributed by atoms with E-state index in [2.05, 4.69) is 113 Å². The van der Waals surface area contributed by atoms with Crippen molar-refractivity contribution >= 4 is 42.9 Å². The molecule has 3 aromatic rings. The van der Waals surface area contributed by atoms with Crippen LogP contribution in [0.5, 0.6) is 0 Å². The number of hydrogen-bond acceptors (Lipinski definition) is 5. The van der Waals surface area contributed by atoms with Gasteiger partial charge in [0, 0.05) is 10.9 Å². The largest absolute Gasteiger partial charge is 0.743 e. The highest BCUT2D eigenvalue weighted by molar-refractivity contribution is 9.09. The summed E-state index contributed by atoms with van der Waals surface area (Å²) in [6, 6.07) is 30.2. The molecule has 3 rings (SSSR count). The van der Waals surface area contributed by atoms with E-state index >= 15 is 0 Å². The van der Waals surface area contributed by atoms with Crippen LogP contribution in [0.15, 0.2) is 99.6 Å². The number of unbranched alkanes of at least 4 members (excludes halogenated alkanes) is 9. The van der Waals surface area contributed by atoms with Crippen LogP contribution in [-0.4, -0.2) is 36.1 Å². The van der Waals surface area contributed by atoms with Gasteiger partial charge in [-0.25, -0.2) is 13.2 Å². The van der Waals surface area contributed by atoms with Gasteiger partial charge in [-0.05, 0) is 50.1 Å². The van der Waals surface area contributed by atoms with Crippen LogP contribution in [0, 0.1) is 6.92 Å². The Hall–Kier alpha value is -2.27. The van der Waals surface area contributed by atoms with Gasteiger partial charge in [-0.3, -0.25) is 0 Å². The lowest BCUT2D eigenvalue weighted by Gasteiger charge is -2.17. The number of carbonyl (C=O) groups excluding carboxylic acids is 1. The summed E-state index contributed by atoms with van der Waals surface area (Å²) in [5.74, 6) is -2.30. The van der Waals surface area contributed by atoms with E-state index in [-0.39, 0.29) is 17.5 Å². The highest BCUT2D eigenvalue weighted by Crippen LogP contribution is 2.32. The molecule has 0 radical (unpaired) electrons. The molecule has 5 nitrogen and oxygen atoms in total. The minimum atomic E-state index is -6.03. The maximum atomic E-state index is 12.8. The van der Waals surface area contributed by atoms with E-state index in [1.165, 1.54) is 52.4 Å². The first-order chi connectivity index (χ1) is 20.6. The molecule has 10 heteroatoms. The molecule has 43 heavy (non-hydrogen) atoms. The van der Waals surface area contributed by atoms with Gasteiger partial charge < -0.3 is 9.29 Å².